The van der Waals surface area contributed by atoms with Crippen molar-refractivity contribution in [2.75, 3.05) is 26.2 Å². The van der Waals surface area contributed by atoms with E-state index in [0.717, 1.165) is 39.0 Å². The number of piperidine rings is 1. The number of nitrogens with one attached hydrogen (secondary N) is 1. The molecule has 5 heteroatoms. The van der Waals surface area contributed by atoms with Crippen LogP contribution in [0.5, 0.6) is 0 Å². The summed E-state index contributed by atoms with van der Waals surface area (Å²) in [6.45, 7) is 5.80. The van der Waals surface area contributed by atoms with Crippen molar-refractivity contribution < 1.29 is 4.79 Å². The average Bonchev–Trinajstić information content (AvgIpc) is 2.82. The van der Waals surface area contributed by atoms with Crippen molar-refractivity contribution in [1.29, 1.82) is 0 Å². The fraction of sp³-hybridized carbons (Fsp3) is 0.692. The highest BCUT2D eigenvalue weighted by atomic mass is 16.2. The normalized spacial score (nSPS) is 16.8. The van der Waals surface area contributed by atoms with Crippen molar-refractivity contribution in [1.82, 2.24) is 20.0 Å². The van der Waals surface area contributed by atoms with Crippen molar-refractivity contribution in [3.63, 3.8) is 0 Å². The molecule has 0 unspecified atom stereocenters. The van der Waals surface area contributed by atoms with Gasteiger partial charge < -0.3 is 10.2 Å². The van der Waals surface area contributed by atoms with Crippen LogP contribution in [0.1, 0.15) is 30.3 Å². The summed E-state index contributed by atoms with van der Waals surface area (Å²) in [6, 6.07) is 1.79. The van der Waals surface area contributed by atoms with Crippen LogP contribution in [0.2, 0.25) is 0 Å². The van der Waals surface area contributed by atoms with Crippen molar-refractivity contribution in [2.45, 2.75) is 19.8 Å². The maximum absolute atomic E-state index is 12.4. The highest BCUT2D eigenvalue weighted by Crippen LogP contribution is 2.15. The number of hydrogen-bond acceptors (Lipinski definition) is 3. The Morgan fingerprint density at radius 1 is 1.56 bits per heavy atom. The van der Waals surface area contributed by atoms with E-state index in [1.807, 2.05) is 18.9 Å². The molecule has 100 valence electrons. The molecule has 1 aliphatic rings. The molecule has 0 atom stereocenters. The van der Waals surface area contributed by atoms with Crippen LogP contribution in [0.25, 0.3) is 0 Å². The van der Waals surface area contributed by atoms with E-state index in [0.29, 0.717) is 11.6 Å². The molecular weight excluding hydrogens is 228 g/mol. The zero-order valence-corrected chi connectivity index (χ0v) is 11.2. The Morgan fingerprint density at radius 2 is 2.28 bits per heavy atom. The fourth-order valence-corrected chi connectivity index (χ4v) is 2.48. The number of rotatable bonds is 4. The first kappa shape index (κ1) is 13.1. The van der Waals surface area contributed by atoms with Gasteiger partial charge in [-0.05, 0) is 44.8 Å². The van der Waals surface area contributed by atoms with Gasteiger partial charge in [-0.15, -0.1) is 0 Å². The van der Waals surface area contributed by atoms with Gasteiger partial charge in [-0.3, -0.25) is 9.48 Å². The average molecular weight is 250 g/mol. The summed E-state index contributed by atoms with van der Waals surface area (Å²) in [5.41, 5.74) is 0.672. The van der Waals surface area contributed by atoms with Crippen LogP contribution in [-0.2, 0) is 7.05 Å². The lowest BCUT2D eigenvalue weighted by atomic mass is 9.97. The van der Waals surface area contributed by atoms with Gasteiger partial charge in [0.05, 0.1) is 0 Å². The minimum atomic E-state index is 0.0935. The molecule has 1 N–H and O–H groups in total. The molecule has 1 aliphatic heterocycles. The van der Waals surface area contributed by atoms with Crippen LogP contribution in [0.4, 0.5) is 0 Å². The summed E-state index contributed by atoms with van der Waals surface area (Å²) >= 11 is 0. The number of hydrogen-bond donors (Lipinski definition) is 1. The molecule has 1 aromatic rings. The Balaban J connectivity index is 1.99. The van der Waals surface area contributed by atoms with E-state index in [1.54, 1.807) is 16.9 Å². The first-order valence-electron chi connectivity index (χ1n) is 6.70. The molecule has 18 heavy (non-hydrogen) atoms. The highest BCUT2D eigenvalue weighted by Gasteiger charge is 2.22. The molecule has 0 spiro atoms. The number of aromatic nitrogens is 2. The second kappa shape index (κ2) is 6.00. The van der Waals surface area contributed by atoms with Crippen LogP contribution < -0.4 is 5.32 Å². The third-order valence-electron chi connectivity index (χ3n) is 3.65. The zero-order valence-electron chi connectivity index (χ0n) is 11.2. The number of amides is 1. The zero-order chi connectivity index (χ0) is 13.0. The largest absolute Gasteiger partial charge is 0.337 e. The van der Waals surface area contributed by atoms with E-state index in [2.05, 4.69) is 10.4 Å². The number of nitrogens with zero attached hydrogens (tertiary/aromatic N) is 3. The molecule has 0 saturated carbocycles. The molecule has 1 fully saturated rings. The molecule has 0 radical (unpaired) electrons. The molecular formula is C13H22N4O. The molecule has 1 amide bonds. The van der Waals surface area contributed by atoms with Gasteiger partial charge >= 0.3 is 0 Å². The second-order valence-electron chi connectivity index (χ2n) is 4.88. The van der Waals surface area contributed by atoms with Crippen molar-refractivity contribution in [3.05, 3.63) is 18.0 Å². The maximum atomic E-state index is 12.4. The first-order chi connectivity index (χ1) is 8.72. The summed E-state index contributed by atoms with van der Waals surface area (Å²) < 4.78 is 1.65. The quantitative estimate of drug-likeness (QED) is 0.863. The smallest absolute Gasteiger partial charge is 0.272 e. The van der Waals surface area contributed by atoms with Gasteiger partial charge in [-0.25, -0.2) is 0 Å². The van der Waals surface area contributed by atoms with Crippen LogP contribution in [0.3, 0.4) is 0 Å². The van der Waals surface area contributed by atoms with Crippen LogP contribution in [0.15, 0.2) is 12.3 Å². The molecule has 2 rings (SSSR count). The predicted molar refractivity (Wildman–Crippen MR) is 70.4 cm³/mol. The maximum Gasteiger partial charge on any atom is 0.272 e. The Labute approximate surface area is 108 Å². The Bertz CT molecular complexity index is 395. The number of carbonyl (C=O) groups is 1. The fourth-order valence-electron chi connectivity index (χ4n) is 2.48. The Hall–Kier alpha value is -1.36. The topological polar surface area (TPSA) is 50.2 Å². The Morgan fingerprint density at radius 3 is 2.83 bits per heavy atom. The molecule has 0 aromatic carbocycles. The van der Waals surface area contributed by atoms with Gasteiger partial charge in [0.1, 0.15) is 5.69 Å². The standard InChI is InChI=1S/C13H22N4O/c1-3-17(10-11-4-7-14-8-5-11)13(18)12-6-9-15-16(12)2/h6,9,11,14H,3-5,7-8,10H2,1-2H3. The van der Waals surface area contributed by atoms with Crippen LogP contribution >= 0.6 is 0 Å². The lowest BCUT2D eigenvalue weighted by Gasteiger charge is -2.29. The van der Waals surface area contributed by atoms with E-state index in [4.69, 9.17) is 0 Å². The Kier molecular flexibility index (Phi) is 4.36. The summed E-state index contributed by atoms with van der Waals surface area (Å²) in [6.07, 6.45) is 4.00. The number of carbonyl (C=O) groups excluding carboxylic acids is 1. The minimum Gasteiger partial charge on any atom is -0.337 e. The summed E-state index contributed by atoms with van der Waals surface area (Å²) in [5, 5.41) is 7.41. The van der Waals surface area contributed by atoms with E-state index < -0.39 is 0 Å². The van der Waals surface area contributed by atoms with Gasteiger partial charge in [0, 0.05) is 26.3 Å². The van der Waals surface area contributed by atoms with Crippen molar-refractivity contribution >= 4 is 5.91 Å². The summed E-state index contributed by atoms with van der Waals surface area (Å²) in [5.74, 6) is 0.722. The van der Waals surface area contributed by atoms with E-state index >= 15 is 0 Å². The molecule has 1 saturated heterocycles. The lowest BCUT2D eigenvalue weighted by molar-refractivity contribution is 0.0715. The third-order valence-corrected chi connectivity index (χ3v) is 3.65. The third kappa shape index (κ3) is 2.90. The summed E-state index contributed by atoms with van der Waals surface area (Å²) in [7, 11) is 1.81. The predicted octanol–water partition coefficient (Wildman–Crippen LogP) is 0.882. The summed E-state index contributed by atoms with van der Waals surface area (Å²) in [4.78, 5) is 14.3. The SMILES string of the molecule is CCN(CC1CCNCC1)C(=O)c1ccnn1C. The lowest BCUT2D eigenvalue weighted by Crippen LogP contribution is -2.39. The first-order valence-corrected chi connectivity index (χ1v) is 6.70. The van der Waals surface area contributed by atoms with E-state index in [9.17, 15) is 4.79 Å². The highest BCUT2D eigenvalue weighted by molar-refractivity contribution is 5.92. The number of aryl methyl sites for hydroxylation is 1. The van der Waals surface area contributed by atoms with Gasteiger partial charge in [0.15, 0.2) is 0 Å². The molecule has 5 nitrogen and oxygen atoms in total. The van der Waals surface area contributed by atoms with Crippen molar-refractivity contribution in [3.8, 4) is 0 Å². The minimum absolute atomic E-state index is 0.0935. The van der Waals surface area contributed by atoms with Crippen LogP contribution in [0, 0.1) is 5.92 Å². The molecule has 0 aliphatic carbocycles. The molecule has 2 heterocycles. The van der Waals surface area contributed by atoms with Gasteiger partial charge in [0.25, 0.3) is 5.91 Å². The second-order valence-corrected chi connectivity index (χ2v) is 4.88. The van der Waals surface area contributed by atoms with E-state index in [-0.39, 0.29) is 5.91 Å². The van der Waals surface area contributed by atoms with Crippen molar-refractivity contribution in [2.24, 2.45) is 13.0 Å². The molecule has 1 aromatic heterocycles. The monoisotopic (exact) mass is 250 g/mol. The van der Waals surface area contributed by atoms with Gasteiger partial charge in [-0.1, -0.05) is 0 Å². The molecule has 0 bridgehead atoms. The van der Waals surface area contributed by atoms with E-state index in [1.165, 1.54) is 0 Å². The van der Waals surface area contributed by atoms with Gasteiger partial charge in [-0.2, -0.15) is 5.10 Å². The van der Waals surface area contributed by atoms with Gasteiger partial charge in [0.2, 0.25) is 0 Å². The van der Waals surface area contributed by atoms with Crippen LogP contribution in [-0.4, -0.2) is 46.8 Å².